The molecule has 1 N–H and O–H groups in total. The molecular weight excluding hydrogens is 378 g/mol. The van der Waals surface area contributed by atoms with Crippen LogP contribution in [-0.2, 0) is 14.8 Å². The Bertz CT molecular complexity index is 792. The second kappa shape index (κ2) is 7.89. The number of hydrogen-bond donors (Lipinski definition) is 1. The van der Waals surface area contributed by atoms with E-state index in [1.165, 1.54) is 6.20 Å². The fraction of sp³-hybridized carbons (Fsp3) is 0.750. The summed E-state index contributed by atoms with van der Waals surface area (Å²) in [6, 6.07) is 1.85. The fourth-order valence-electron chi connectivity index (χ4n) is 4.23. The monoisotopic (exact) mass is 411 g/mol. The van der Waals surface area contributed by atoms with Crippen molar-refractivity contribution in [2.45, 2.75) is 44.9 Å². The lowest BCUT2D eigenvalue weighted by atomic mass is 9.78. The third kappa shape index (κ3) is 3.92. The largest absolute Gasteiger partial charge is 0.396 e. The van der Waals surface area contributed by atoms with E-state index in [4.69, 9.17) is 4.74 Å². The Hall–Kier alpha value is -1.22. The summed E-state index contributed by atoms with van der Waals surface area (Å²) in [4.78, 5) is 6.82. The number of hydrogen-bond acceptors (Lipinski definition) is 6. The Morgan fingerprint density at radius 2 is 1.93 bits per heavy atom. The van der Waals surface area contributed by atoms with Crippen LogP contribution in [-0.4, -0.2) is 69.3 Å². The number of rotatable bonds is 7. The lowest BCUT2D eigenvalue weighted by Gasteiger charge is -2.49. The van der Waals surface area contributed by atoms with Crippen molar-refractivity contribution in [3.8, 4) is 0 Å². The molecule has 0 bridgehead atoms. The maximum absolute atomic E-state index is 13.1. The molecule has 0 radical (unpaired) electrons. The first-order valence-corrected chi connectivity index (χ1v) is 11.4. The van der Waals surface area contributed by atoms with E-state index in [-0.39, 0.29) is 22.3 Å². The van der Waals surface area contributed by atoms with Crippen molar-refractivity contribution >= 4 is 15.8 Å². The summed E-state index contributed by atoms with van der Waals surface area (Å²) in [5.74, 6) is 0.778. The van der Waals surface area contributed by atoms with E-state index in [9.17, 15) is 13.5 Å². The second-order valence-electron chi connectivity index (χ2n) is 8.82. The molecule has 158 valence electrons. The van der Waals surface area contributed by atoms with E-state index in [1.54, 1.807) is 11.4 Å². The van der Waals surface area contributed by atoms with E-state index in [0.717, 1.165) is 38.2 Å². The molecule has 1 aromatic heterocycles. The molecular formula is C20H33N3O4S. The minimum absolute atomic E-state index is 0.0356. The van der Waals surface area contributed by atoms with Crippen molar-refractivity contribution in [3.63, 3.8) is 0 Å². The van der Waals surface area contributed by atoms with Gasteiger partial charge in [0.15, 0.2) is 0 Å². The summed E-state index contributed by atoms with van der Waals surface area (Å²) in [7, 11) is -1.86. The predicted octanol–water partition coefficient (Wildman–Crippen LogP) is 2.04. The van der Waals surface area contributed by atoms with Crippen LogP contribution in [0.3, 0.4) is 0 Å². The van der Waals surface area contributed by atoms with Crippen LogP contribution in [0.5, 0.6) is 0 Å². The zero-order valence-corrected chi connectivity index (χ0v) is 18.3. The SMILES string of the molecule is CCC1(CO)CN(c2cc(C)c(S(=O)(=O)N3CCC(C)(COC)CC3)cn2)C1. The first-order chi connectivity index (χ1) is 13.2. The number of anilines is 1. The Kier molecular flexibility index (Phi) is 6.06. The predicted molar refractivity (Wildman–Crippen MR) is 109 cm³/mol. The average molecular weight is 412 g/mol. The van der Waals surface area contributed by atoms with Gasteiger partial charge in [0.2, 0.25) is 10.0 Å². The maximum atomic E-state index is 13.1. The lowest BCUT2D eigenvalue weighted by Crippen LogP contribution is -2.58. The van der Waals surface area contributed by atoms with Gasteiger partial charge in [-0.3, -0.25) is 0 Å². The van der Waals surface area contributed by atoms with Gasteiger partial charge in [0.1, 0.15) is 10.7 Å². The highest BCUT2D eigenvalue weighted by molar-refractivity contribution is 7.89. The molecule has 1 aromatic rings. The molecule has 2 fully saturated rings. The zero-order valence-electron chi connectivity index (χ0n) is 17.4. The van der Waals surface area contributed by atoms with Gasteiger partial charge >= 0.3 is 0 Å². The zero-order chi connectivity index (χ0) is 20.6. The second-order valence-corrected chi connectivity index (χ2v) is 10.7. The molecule has 0 aromatic carbocycles. The van der Waals surface area contributed by atoms with Gasteiger partial charge in [-0.1, -0.05) is 13.8 Å². The number of ether oxygens (including phenoxy) is 1. The number of nitrogens with zero attached hydrogens (tertiary/aromatic N) is 3. The standard InChI is InChI=1S/C20H33N3O4S/c1-5-20(14-24)12-22(13-20)18-10-16(2)17(11-21-18)28(25,26)23-8-6-19(3,7-9-23)15-27-4/h10-11,24H,5-9,12-15H2,1-4H3. The average Bonchev–Trinajstić information content (AvgIpc) is 2.62. The van der Waals surface area contributed by atoms with Crippen molar-refractivity contribution in [3.05, 3.63) is 17.8 Å². The van der Waals surface area contributed by atoms with Crippen LogP contribution in [0.4, 0.5) is 5.82 Å². The van der Waals surface area contributed by atoms with Gasteiger partial charge < -0.3 is 14.7 Å². The van der Waals surface area contributed by atoms with Gasteiger partial charge in [-0.2, -0.15) is 4.31 Å². The molecule has 0 saturated carbocycles. The highest BCUT2D eigenvalue weighted by atomic mass is 32.2. The van der Waals surface area contributed by atoms with Crippen molar-refractivity contribution in [1.29, 1.82) is 0 Å². The molecule has 2 saturated heterocycles. The molecule has 2 aliphatic heterocycles. The number of aromatic nitrogens is 1. The number of methoxy groups -OCH3 is 1. The van der Waals surface area contributed by atoms with Crippen LogP contribution in [0.1, 0.15) is 38.7 Å². The summed E-state index contributed by atoms with van der Waals surface area (Å²) >= 11 is 0. The van der Waals surface area contributed by atoms with Crippen LogP contribution >= 0.6 is 0 Å². The number of aliphatic hydroxyl groups excluding tert-OH is 1. The van der Waals surface area contributed by atoms with Gasteiger partial charge in [0.05, 0.1) is 13.2 Å². The molecule has 8 heteroatoms. The van der Waals surface area contributed by atoms with Crippen LogP contribution in [0.15, 0.2) is 17.2 Å². The number of piperidine rings is 1. The highest BCUT2D eigenvalue weighted by Crippen LogP contribution is 2.37. The third-order valence-electron chi connectivity index (χ3n) is 6.55. The molecule has 0 unspecified atom stereocenters. The fourth-order valence-corrected chi connectivity index (χ4v) is 5.82. The van der Waals surface area contributed by atoms with Gasteiger partial charge in [-0.25, -0.2) is 13.4 Å². The minimum atomic E-state index is -3.55. The number of pyridine rings is 1. The van der Waals surface area contributed by atoms with E-state index in [1.807, 2.05) is 13.0 Å². The first kappa shape index (κ1) is 21.5. The van der Waals surface area contributed by atoms with E-state index < -0.39 is 10.0 Å². The molecule has 3 rings (SSSR count). The Balaban J connectivity index is 1.72. The molecule has 3 heterocycles. The Labute approximate surface area is 168 Å². The van der Waals surface area contributed by atoms with Gasteiger partial charge in [-0.15, -0.1) is 0 Å². The first-order valence-electron chi connectivity index (χ1n) is 10.0. The number of aryl methyl sites for hydroxylation is 1. The third-order valence-corrected chi connectivity index (χ3v) is 8.58. The van der Waals surface area contributed by atoms with Gasteiger partial charge in [0.25, 0.3) is 0 Å². The summed E-state index contributed by atoms with van der Waals surface area (Å²) in [5, 5.41) is 9.58. The number of sulfonamides is 1. The summed E-state index contributed by atoms with van der Waals surface area (Å²) in [6.07, 6.45) is 3.99. The smallest absolute Gasteiger partial charge is 0.244 e. The topological polar surface area (TPSA) is 83.0 Å². The van der Waals surface area contributed by atoms with Crippen molar-refractivity contribution in [2.75, 3.05) is 51.4 Å². The van der Waals surface area contributed by atoms with Gasteiger partial charge in [0, 0.05) is 44.9 Å². The number of aliphatic hydroxyl groups is 1. The lowest BCUT2D eigenvalue weighted by molar-refractivity contribution is 0.0530. The van der Waals surface area contributed by atoms with Crippen molar-refractivity contribution in [2.24, 2.45) is 10.8 Å². The van der Waals surface area contributed by atoms with Crippen LogP contribution in [0, 0.1) is 17.8 Å². The molecule has 0 atom stereocenters. The normalized spacial score (nSPS) is 22.1. The van der Waals surface area contributed by atoms with Crippen LogP contribution < -0.4 is 4.90 Å². The van der Waals surface area contributed by atoms with Crippen LogP contribution in [0.2, 0.25) is 0 Å². The van der Waals surface area contributed by atoms with Gasteiger partial charge in [-0.05, 0) is 43.2 Å². The van der Waals surface area contributed by atoms with E-state index in [2.05, 4.69) is 23.7 Å². The van der Waals surface area contributed by atoms with E-state index in [0.29, 0.717) is 25.3 Å². The van der Waals surface area contributed by atoms with E-state index >= 15 is 0 Å². The molecule has 7 nitrogen and oxygen atoms in total. The quantitative estimate of drug-likeness (QED) is 0.739. The molecule has 2 aliphatic rings. The minimum Gasteiger partial charge on any atom is -0.396 e. The summed E-state index contributed by atoms with van der Waals surface area (Å²) in [6.45, 7) is 9.40. The molecule has 0 aliphatic carbocycles. The molecule has 28 heavy (non-hydrogen) atoms. The molecule has 0 spiro atoms. The highest BCUT2D eigenvalue weighted by Gasteiger charge is 2.42. The van der Waals surface area contributed by atoms with Crippen LogP contribution in [0.25, 0.3) is 0 Å². The summed E-state index contributed by atoms with van der Waals surface area (Å²) in [5.41, 5.74) is 0.699. The maximum Gasteiger partial charge on any atom is 0.244 e. The Morgan fingerprint density at radius 1 is 1.29 bits per heavy atom. The summed E-state index contributed by atoms with van der Waals surface area (Å²) < 4.78 is 33.2. The Morgan fingerprint density at radius 3 is 2.43 bits per heavy atom. The van der Waals surface area contributed by atoms with Crippen molar-refractivity contribution < 1.29 is 18.3 Å². The molecule has 0 amide bonds. The van der Waals surface area contributed by atoms with Crippen molar-refractivity contribution in [1.82, 2.24) is 9.29 Å².